The fraction of sp³-hybridized carbons (Fsp3) is 0.394. The number of carbonyl (C=O) groups is 3. The van der Waals surface area contributed by atoms with Crippen molar-refractivity contribution in [2.24, 2.45) is 0 Å². The lowest BCUT2D eigenvalue weighted by atomic mass is 9.94. The van der Waals surface area contributed by atoms with E-state index in [2.05, 4.69) is 24.7 Å². The number of pyridine rings is 1. The van der Waals surface area contributed by atoms with Crippen LogP contribution in [0.5, 0.6) is 6.01 Å². The van der Waals surface area contributed by atoms with Gasteiger partial charge in [0.05, 0.1) is 10.9 Å². The van der Waals surface area contributed by atoms with E-state index in [0.717, 1.165) is 19.4 Å². The van der Waals surface area contributed by atoms with Crippen LogP contribution in [0, 0.1) is 5.82 Å². The number of amides is 2. The van der Waals surface area contributed by atoms with E-state index in [1.165, 1.54) is 6.20 Å². The Morgan fingerprint density at radius 1 is 1.12 bits per heavy atom. The van der Waals surface area contributed by atoms with E-state index in [-0.39, 0.29) is 48.5 Å². The van der Waals surface area contributed by atoms with Gasteiger partial charge in [0.2, 0.25) is 0 Å². The molecule has 0 radical (unpaired) electrons. The second kappa shape index (κ2) is 12.5. The molecule has 3 fully saturated rings. The Hall–Kier alpha value is -5.05. The van der Waals surface area contributed by atoms with E-state index in [1.54, 1.807) is 36.4 Å². The summed E-state index contributed by atoms with van der Waals surface area (Å²) in [7, 11) is 0. The fourth-order valence-corrected chi connectivity index (χ4v) is 6.96. The maximum atomic E-state index is 16.3. The van der Waals surface area contributed by atoms with Crippen molar-refractivity contribution in [1.29, 1.82) is 0 Å². The third-order valence-corrected chi connectivity index (χ3v) is 9.15. The van der Waals surface area contributed by atoms with Gasteiger partial charge in [-0.15, -0.1) is 0 Å². The molecule has 0 aliphatic carbocycles. The minimum Gasteiger partial charge on any atom is -0.463 e. The Kier molecular flexibility index (Phi) is 8.23. The largest absolute Gasteiger partial charge is 0.534 e. The first-order valence-electron chi connectivity index (χ1n) is 15.6. The number of nitrogens with zero attached hydrogens (tertiary/aromatic N) is 4. The van der Waals surface area contributed by atoms with Gasteiger partial charge in [0.1, 0.15) is 36.8 Å². The van der Waals surface area contributed by atoms with Gasteiger partial charge in [-0.05, 0) is 35.7 Å². The molecule has 0 saturated carbocycles. The number of carbonyl (C=O) groups excluding carboxylic acids is 3. The fourth-order valence-electron chi connectivity index (χ4n) is 6.96. The normalized spacial score (nSPS) is 21.6. The summed E-state index contributed by atoms with van der Waals surface area (Å²) in [4.78, 5) is 65.9. The van der Waals surface area contributed by atoms with E-state index >= 15 is 8.78 Å². The maximum absolute atomic E-state index is 16.3. The first kappa shape index (κ1) is 31.5. The number of halogens is 3. The lowest BCUT2D eigenvalue weighted by Crippen LogP contribution is -2.43. The number of H-pyrrole nitrogens is 1. The molecule has 48 heavy (non-hydrogen) atoms. The number of imide groups is 1. The average molecular weight is 666 g/mol. The smallest absolute Gasteiger partial charge is 0.463 e. The van der Waals surface area contributed by atoms with Gasteiger partial charge < -0.3 is 9.47 Å². The summed E-state index contributed by atoms with van der Waals surface area (Å²) in [5.74, 6) is -2.28. The van der Waals surface area contributed by atoms with Crippen LogP contribution in [0.4, 0.5) is 18.0 Å². The number of benzene rings is 2. The maximum Gasteiger partial charge on any atom is 0.534 e. The predicted octanol–water partition coefficient (Wildman–Crippen LogP) is 4.33. The third kappa shape index (κ3) is 5.82. The molecule has 2 aromatic heterocycles. The highest BCUT2D eigenvalue weighted by atomic mass is 19.1. The van der Waals surface area contributed by atoms with Crippen molar-refractivity contribution in [2.45, 2.75) is 56.4 Å². The highest BCUT2D eigenvalue weighted by molar-refractivity contribution is 6.01. The molecule has 5 heterocycles. The molecule has 3 aliphatic rings. The van der Waals surface area contributed by atoms with Crippen molar-refractivity contribution in [3.8, 4) is 17.3 Å². The number of alkyl halides is 2. The van der Waals surface area contributed by atoms with Gasteiger partial charge in [-0.2, -0.15) is 4.98 Å². The van der Waals surface area contributed by atoms with E-state index in [4.69, 9.17) is 9.47 Å². The molecule has 3 saturated heterocycles. The van der Waals surface area contributed by atoms with Gasteiger partial charge in [-0.1, -0.05) is 41.5 Å². The Morgan fingerprint density at radius 3 is 2.69 bits per heavy atom. The van der Waals surface area contributed by atoms with Gasteiger partial charge in [0.15, 0.2) is 5.82 Å². The molecule has 1 unspecified atom stereocenters. The third-order valence-electron chi connectivity index (χ3n) is 9.15. The van der Waals surface area contributed by atoms with Crippen molar-refractivity contribution in [1.82, 2.24) is 24.9 Å². The van der Waals surface area contributed by atoms with Crippen LogP contribution < -0.4 is 10.3 Å². The standard InChI is InChI=1S/C33H30F3N5O7/c34-20(16-46-32(45)48-41-24(42)8-9-25(41)43)12-19-6-1-4-18-5-2-7-22(26(18)19)28-27(36)29-23(14-37-28)30(44)39-31(38-29)47-17-33-10-3-11-40(33)15-21(35)13-33/h1-2,4-7,14,20-21H,3,8-13,15-17H2,(H,38,39,44)/t20?,21-,33+/m1/s1. The molecule has 4 aromatic rings. The van der Waals surface area contributed by atoms with Crippen LogP contribution >= 0.6 is 0 Å². The Labute approximate surface area is 270 Å². The summed E-state index contributed by atoms with van der Waals surface area (Å²) in [5, 5.41) is 1.33. The molecule has 2 amide bonds. The molecule has 12 nitrogen and oxygen atoms in total. The van der Waals surface area contributed by atoms with Crippen molar-refractivity contribution in [2.75, 3.05) is 26.3 Å². The second-order valence-corrected chi connectivity index (χ2v) is 12.3. The lowest BCUT2D eigenvalue weighted by molar-refractivity contribution is -0.177. The summed E-state index contributed by atoms with van der Waals surface area (Å²) in [6.07, 6.45) is -1.40. The van der Waals surface area contributed by atoms with Gasteiger partial charge in [0, 0.05) is 44.0 Å². The monoisotopic (exact) mass is 665 g/mol. The summed E-state index contributed by atoms with van der Waals surface area (Å²) in [6, 6.07) is 9.97. The Bertz CT molecular complexity index is 1990. The van der Waals surface area contributed by atoms with Crippen LogP contribution in [0.25, 0.3) is 32.9 Å². The first-order valence-corrected chi connectivity index (χ1v) is 15.6. The van der Waals surface area contributed by atoms with Crippen LogP contribution in [0.3, 0.4) is 0 Å². The molecule has 7 rings (SSSR count). The van der Waals surface area contributed by atoms with E-state index in [0.29, 0.717) is 39.9 Å². The zero-order chi connectivity index (χ0) is 33.6. The molecule has 3 atom stereocenters. The van der Waals surface area contributed by atoms with Crippen molar-refractivity contribution in [3.05, 3.63) is 64.3 Å². The molecular weight excluding hydrogens is 635 g/mol. The number of fused-ring (bicyclic) bond motifs is 3. The molecule has 2 aromatic carbocycles. The molecular formula is C33H30F3N5O7. The van der Waals surface area contributed by atoms with Gasteiger partial charge in [0.25, 0.3) is 23.4 Å². The first-order chi connectivity index (χ1) is 23.1. The average Bonchev–Trinajstić information content (AvgIpc) is 3.70. The van der Waals surface area contributed by atoms with Gasteiger partial charge in [-0.3, -0.25) is 34.1 Å². The number of nitrogens with one attached hydrogen (secondary N) is 1. The summed E-state index contributed by atoms with van der Waals surface area (Å²) in [6.45, 7) is 0.437. The van der Waals surface area contributed by atoms with E-state index in [9.17, 15) is 23.6 Å². The zero-order valence-corrected chi connectivity index (χ0v) is 25.5. The molecule has 15 heteroatoms. The minimum absolute atomic E-state index is 0.0917. The second-order valence-electron chi connectivity index (χ2n) is 12.3. The van der Waals surface area contributed by atoms with Crippen LogP contribution in [0.2, 0.25) is 0 Å². The lowest BCUT2D eigenvalue weighted by Gasteiger charge is -2.30. The molecule has 0 bridgehead atoms. The Morgan fingerprint density at radius 2 is 1.90 bits per heavy atom. The van der Waals surface area contributed by atoms with Crippen molar-refractivity contribution >= 4 is 39.6 Å². The molecule has 1 N–H and O–H groups in total. The van der Waals surface area contributed by atoms with Crippen LogP contribution in [-0.2, 0) is 25.6 Å². The van der Waals surface area contributed by atoms with Crippen LogP contribution in [0.15, 0.2) is 47.4 Å². The van der Waals surface area contributed by atoms with E-state index in [1.807, 2.05) is 0 Å². The van der Waals surface area contributed by atoms with E-state index < -0.39 is 53.8 Å². The number of hydrogen-bond acceptors (Lipinski definition) is 10. The van der Waals surface area contributed by atoms with Gasteiger partial charge in [-0.25, -0.2) is 18.0 Å². The topological polar surface area (TPSA) is 144 Å². The number of aromatic nitrogens is 3. The number of aromatic amines is 1. The number of hydrogen-bond donors (Lipinski definition) is 1. The minimum atomic E-state index is -1.74. The highest BCUT2D eigenvalue weighted by Gasteiger charge is 2.49. The van der Waals surface area contributed by atoms with Crippen molar-refractivity contribution in [3.63, 3.8) is 0 Å². The number of ether oxygens (including phenoxy) is 2. The van der Waals surface area contributed by atoms with Gasteiger partial charge >= 0.3 is 6.16 Å². The van der Waals surface area contributed by atoms with Crippen LogP contribution in [0.1, 0.15) is 37.7 Å². The highest BCUT2D eigenvalue weighted by Crippen LogP contribution is 2.40. The molecule has 0 spiro atoms. The SMILES string of the molecule is O=C(OCC(F)Cc1cccc2cccc(-c3ncc4c(=O)[nH]c(OC[C@@]56CCCN5C[C@H](F)C6)nc4c3F)c12)ON1C(=O)CCC1=O. The summed E-state index contributed by atoms with van der Waals surface area (Å²) < 4.78 is 56.4. The molecule has 250 valence electrons. The predicted molar refractivity (Wildman–Crippen MR) is 164 cm³/mol. The summed E-state index contributed by atoms with van der Waals surface area (Å²) in [5.41, 5.74) is -0.791. The van der Waals surface area contributed by atoms with Crippen molar-refractivity contribution < 1.29 is 41.9 Å². The number of hydroxylamine groups is 2. The molecule has 3 aliphatic heterocycles. The quantitative estimate of drug-likeness (QED) is 0.203. The Balaban J connectivity index is 1.14. The summed E-state index contributed by atoms with van der Waals surface area (Å²) >= 11 is 0. The van der Waals surface area contributed by atoms with Crippen LogP contribution in [-0.4, -0.2) is 87.1 Å². The number of rotatable bonds is 9. The zero-order valence-electron chi connectivity index (χ0n) is 25.5.